The summed E-state index contributed by atoms with van der Waals surface area (Å²) in [6.45, 7) is 3.72. The van der Waals surface area contributed by atoms with Crippen LogP contribution in [0.2, 0.25) is 0 Å². The zero-order chi connectivity index (χ0) is 22.8. The number of hydrogen-bond acceptors (Lipinski definition) is 9. The molecule has 2 N–H and O–H groups in total. The molecular formula is C22H23FN8O2. The van der Waals surface area contributed by atoms with Crippen LogP contribution in [0.4, 0.5) is 33.3 Å². The summed E-state index contributed by atoms with van der Waals surface area (Å²) in [6, 6.07) is 11.3. The summed E-state index contributed by atoms with van der Waals surface area (Å²) < 4.78 is 19.9. The summed E-state index contributed by atoms with van der Waals surface area (Å²) in [4.78, 5) is 29.4. The number of pyridine rings is 1. The average Bonchev–Trinajstić information content (AvgIpc) is 2.83. The number of nitrogens with one attached hydrogen (secondary N) is 2. The molecule has 2 aromatic heterocycles. The minimum absolute atomic E-state index is 0.158. The summed E-state index contributed by atoms with van der Waals surface area (Å²) in [6.07, 6.45) is 2.57. The van der Waals surface area contributed by atoms with Crippen molar-refractivity contribution in [3.05, 3.63) is 54.6 Å². The van der Waals surface area contributed by atoms with E-state index in [2.05, 4.69) is 48.6 Å². The highest BCUT2D eigenvalue weighted by Gasteiger charge is 2.28. The molecule has 0 radical (unpaired) electrons. The number of nitrogens with zero attached hydrogens (tertiary/aromatic N) is 6. The summed E-state index contributed by atoms with van der Waals surface area (Å²) in [5, 5.41) is 4.24. The topological polar surface area (TPSA) is 98.8 Å². The highest BCUT2D eigenvalue weighted by Crippen LogP contribution is 2.30. The molecule has 0 bridgehead atoms. The van der Waals surface area contributed by atoms with E-state index in [-0.39, 0.29) is 24.2 Å². The lowest BCUT2D eigenvalue weighted by molar-refractivity contribution is -0.121. The quantitative estimate of drug-likeness (QED) is 0.606. The van der Waals surface area contributed by atoms with Gasteiger partial charge in [0.2, 0.25) is 5.95 Å². The Morgan fingerprint density at radius 3 is 2.79 bits per heavy atom. The minimum Gasteiger partial charge on any atom is -0.480 e. The first kappa shape index (κ1) is 20.9. The van der Waals surface area contributed by atoms with Gasteiger partial charge in [0.05, 0.1) is 6.20 Å². The molecule has 0 unspecified atom stereocenters. The molecule has 0 saturated carbocycles. The number of benzene rings is 1. The molecule has 1 fully saturated rings. The molecule has 3 aromatic rings. The van der Waals surface area contributed by atoms with Crippen LogP contribution < -0.4 is 25.4 Å². The number of fused-ring (bicyclic) bond motifs is 1. The van der Waals surface area contributed by atoms with E-state index in [4.69, 9.17) is 4.74 Å². The molecule has 11 heteroatoms. The van der Waals surface area contributed by atoms with Gasteiger partial charge in [0.1, 0.15) is 0 Å². The Kier molecular flexibility index (Phi) is 5.61. The molecule has 170 valence electrons. The number of aromatic nitrogens is 3. The average molecular weight is 450 g/mol. The maximum atomic E-state index is 14.5. The number of hydrazine groups is 1. The van der Waals surface area contributed by atoms with Crippen molar-refractivity contribution >= 4 is 34.9 Å². The van der Waals surface area contributed by atoms with Crippen molar-refractivity contribution in [3.8, 4) is 5.75 Å². The first-order chi connectivity index (χ1) is 16.1. The lowest BCUT2D eigenvalue weighted by Gasteiger charge is -2.34. The summed E-state index contributed by atoms with van der Waals surface area (Å²) >= 11 is 0. The van der Waals surface area contributed by atoms with Gasteiger partial charge in [-0.2, -0.15) is 9.99 Å². The molecule has 4 heterocycles. The van der Waals surface area contributed by atoms with Crippen molar-refractivity contribution < 1.29 is 13.9 Å². The number of amides is 1. The van der Waals surface area contributed by atoms with Crippen LogP contribution in [-0.4, -0.2) is 65.6 Å². The minimum atomic E-state index is -0.705. The number of anilines is 5. The fourth-order valence-electron chi connectivity index (χ4n) is 3.69. The fourth-order valence-corrected chi connectivity index (χ4v) is 3.69. The van der Waals surface area contributed by atoms with Gasteiger partial charge < -0.3 is 19.9 Å². The molecule has 0 spiro atoms. The molecule has 2 aliphatic rings. The van der Waals surface area contributed by atoms with Crippen LogP contribution in [0.25, 0.3) is 0 Å². The first-order valence-electron chi connectivity index (χ1n) is 10.6. The van der Waals surface area contributed by atoms with Crippen molar-refractivity contribution in [1.82, 2.24) is 19.9 Å². The van der Waals surface area contributed by atoms with Gasteiger partial charge in [-0.3, -0.25) is 10.2 Å². The van der Waals surface area contributed by atoms with E-state index in [0.717, 1.165) is 48.8 Å². The summed E-state index contributed by atoms with van der Waals surface area (Å²) in [5.74, 6) is -0.442. The number of carbonyl (C=O) groups excluding carboxylic acids is 1. The van der Waals surface area contributed by atoms with E-state index in [1.807, 2.05) is 18.2 Å². The number of halogens is 1. The molecule has 1 amide bonds. The Morgan fingerprint density at radius 2 is 1.94 bits per heavy atom. The standard InChI is InChI=1S/C22H23FN8O2/c1-29-8-10-30(11-9-29)16-5-2-4-15(12-16)26-22-25-13-17(23)20(27-22)28-31-19(32)14-33-18-6-3-7-24-21(18)31/h2-7,12-13H,8-11,14H2,1H3,(H2,25,26,27,28). The van der Waals surface area contributed by atoms with E-state index >= 15 is 0 Å². The third-order valence-electron chi connectivity index (χ3n) is 5.50. The van der Waals surface area contributed by atoms with Gasteiger partial charge in [-0.25, -0.2) is 14.4 Å². The Balaban J connectivity index is 1.35. The van der Waals surface area contributed by atoms with Crippen molar-refractivity contribution in [3.63, 3.8) is 0 Å². The fraction of sp³-hybridized carbons (Fsp3) is 0.273. The Labute approximate surface area is 190 Å². The van der Waals surface area contributed by atoms with Gasteiger partial charge in [0.15, 0.2) is 29.8 Å². The molecule has 1 saturated heterocycles. The summed E-state index contributed by atoms with van der Waals surface area (Å²) in [5.41, 5.74) is 4.58. The van der Waals surface area contributed by atoms with Gasteiger partial charge >= 0.3 is 0 Å². The Bertz CT molecular complexity index is 1170. The van der Waals surface area contributed by atoms with E-state index in [0.29, 0.717) is 5.75 Å². The number of carbonyl (C=O) groups is 1. The predicted octanol–water partition coefficient (Wildman–Crippen LogP) is 2.26. The predicted molar refractivity (Wildman–Crippen MR) is 122 cm³/mol. The molecule has 2 aliphatic heterocycles. The lowest BCUT2D eigenvalue weighted by atomic mass is 10.2. The van der Waals surface area contributed by atoms with Crippen molar-refractivity contribution in [2.24, 2.45) is 0 Å². The monoisotopic (exact) mass is 450 g/mol. The SMILES string of the molecule is CN1CCN(c2cccc(Nc3ncc(F)c(NN4C(=O)COc5cccnc54)n3)c2)CC1. The van der Waals surface area contributed by atoms with Gasteiger partial charge in [-0.1, -0.05) is 6.07 Å². The van der Waals surface area contributed by atoms with Crippen LogP contribution in [0.15, 0.2) is 48.8 Å². The van der Waals surface area contributed by atoms with E-state index in [9.17, 15) is 9.18 Å². The van der Waals surface area contributed by atoms with Crippen molar-refractivity contribution in [2.45, 2.75) is 0 Å². The van der Waals surface area contributed by atoms with Gasteiger partial charge in [-0.15, -0.1) is 0 Å². The first-order valence-corrected chi connectivity index (χ1v) is 10.6. The van der Waals surface area contributed by atoms with Crippen LogP contribution >= 0.6 is 0 Å². The van der Waals surface area contributed by atoms with Gasteiger partial charge in [0, 0.05) is 43.8 Å². The maximum absolute atomic E-state index is 14.5. The number of rotatable bonds is 5. The second-order valence-corrected chi connectivity index (χ2v) is 7.81. The third-order valence-corrected chi connectivity index (χ3v) is 5.50. The lowest BCUT2D eigenvalue weighted by Crippen LogP contribution is -2.44. The number of ether oxygens (including phenoxy) is 1. The van der Waals surface area contributed by atoms with E-state index < -0.39 is 11.7 Å². The highest BCUT2D eigenvalue weighted by atomic mass is 19.1. The van der Waals surface area contributed by atoms with Crippen LogP contribution in [0.5, 0.6) is 5.75 Å². The van der Waals surface area contributed by atoms with Gasteiger partial charge in [-0.05, 0) is 37.4 Å². The molecular weight excluding hydrogens is 427 g/mol. The van der Waals surface area contributed by atoms with Crippen LogP contribution in [0, 0.1) is 5.82 Å². The molecule has 5 rings (SSSR count). The number of likely N-dealkylation sites (N-methyl/N-ethyl adjacent to an activating group) is 1. The van der Waals surface area contributed by atoms with E-state index in [1.165, 1.54) is 6.20 Å². The van der Waals surface area contributed by atoms with Crippen molar-refractivity contribution in [1.29, 1.82) is 0 Å². The highest BCUT2D eigenvalue weighted by molar-refractivity contribution is 5.98. The Morgan fingerprint density at radius 1 is 1.09 bits per heavy atom. The van der Waals surface area contributed by atoms with Crippen LogP contribution in [0.1, 0.15) is 0 Å². The normalized spacial score (nSPS) is 16.2. The molecule has 0 atom stereocenters. The zero-order valence-electron chi connectivity index (χ0n) is 18.0. The van der Waals surface area contributed by atoms with Crippen LogP contribution in [-0.2, 0) is 4.79 Å². The third kappa shape index (κ3) is 4.48. The molecule has 10 nitrogen and oxygen atoms in total. The number of piperazine rings is 1. The second-order valence-electron chi connectivity index (χ2n) is 7.81. The Hall–Kier alpha value is -3.99. The molecule has 0 aliphatic carbocycles. The smallest absolute Gasteiger partial charge is 0.285 e. The largest absolute Gasteiger partial charge is 0.480 e. The van der Waals surface area contributed by atoms with Crippen molar-refractivity contribution in [2.75, 3.05) is 60.5 Å². The zero-order valence-corrected chi connectivity index (χ0v) is 18.0. The second kappa shape index (κ2) is 8.87. The molecule has 1 aromatic carbocycles. The molecule has 33 heavy (non-hydrogen) atoms. The maximum Gasteiger partial charge on any atom is 0.285 e. The number of hydrogen-bond donors (Lipinski definition) is 2. The van der Waals surface area contributed by atoms with Crippen LogP contribution in [0.3, 0.4) is 0 Å². The van der Waals surface area contributed by atoms with E-state index in [1.54, 1.807) is 12.1 Å². The van der Waals surface area contributed by atoms with Gasteiger partial charge in [0.25, 0.3) is 5.91 Å². The summed E-state index contributed by atoms with van der Waals surface area (Å²) in [7, 11) is 2.12.